The molecule has 1 aromatic heterocycles. The van der Waals surface area contributed by atoms with Gasteiger partial charge in [-0.15, -0.1) is 0 Å². The number of halogens is 2. The van der Waals surface area contributed by atoms with E-state index in [1.54, 1.807) is 18.2 Å². The summed E-state index contributed by atoms with van der Waals surface area (Å²) in [6.07, 6.45) is 3.97. The van der Waals surface area contributed by atoms with Gasteiger partial charge >= 0.3 is 5.97 Å². The van der Waals surface area contributed by atoms with Crippen molar-refractivity contribution in [1.29, 1.82) is 0 Å². The Kier molecular flexibility index (Phi) is 4.54. The van der Waals surface area contributed by atoms with E-state index in [1.807, 2.05) is 6.08 Å². The number of rotatable bonds is 2. The van der Waals surface area contributed by atoms with E-state index in [2.05, 4.69) is 0 Å². The quantitative estimate of drug-likeness (QED) is 0.600. The van der Waals surface area contributed by atoms with Gasteiger partial charge in [0.1, 0.15) is 11.3 Å². The van der Waals surface area contributed by atoms with Crippen LogP contribution in [-0.2, 0) is 6.42 Å². The van der Waals surface area contributed by atoms with Crippen LogP contribution in [0.25, 0.3) is 22.6 Å². The zero-order valence-electron chi connectivity index (χ0n) is 14.1. The molecule has 0 atom stereocenters. The second-order valence-corrected chi connectivity index (χ2v) is 7.23. The minimum Gasteiger partial charge on any atom is -0.478 e. The SMILES string of the molecule is O=C(O)c1ccc2oc3c(c(=O)c2c1)CCCC3=Cc1c(Cl)cccc1Cl. The van der Waals surface area contributed by atoms with Gasteiger partial charge in [-0.1, -0.05) is 29.3 Å². The molecule has 2 aromatic carbocycles. The fourth-order valence-electron chi connectivity index (χ4n) is 3.38. The summed E-state index contributed by atoms with van der Waals surface area (Å²) in [6, 6.07) is 9.61. The van der Waals surface area contributed by atoms with Crippen LogP contribution in [0.4, 0.5) is 0 Å². The maximum Gasteiger partial charge on any atom is 0.335 e. The van der Waals surface area contributed by atoms with E-state index in [4.69, 9.17) is 32.7 Å². The number of carbonyl (C=O) groups is 1. The Labute approximate surface area is 164 Å². The monoisotopic (exact) mass is 400 g/mol. The first-order chi connectivity index (χ1) is 13.0. The maximum absolute atomic E-state index is 12.9. The molecule has 4 nitrogen and oxygen atoms in total. The van der Waals surface area contributed by atoms with Crippen LogP contribution in [0.2, 0.25) is 10.0 Å². The van der Waals surface area contributed by atoms with E-state index in [1.165, 1.54) is 18.2 Å². The Morgan fingerprint density at radius 1 is 1.11 bits per heavy atom. The predicted octanol–water partition coefficient (Wildman–Crippen LogP) is 5.67. The number of carboxylic acid groups (broad SMARTS) is 1. The number of fused-ring (bicyclic) bond motifs is 2. The van der Waals surface area contributed by atoms with Gasteiger partial charge in [0.25, 0.3) is 0 Å². The number of aromatic carboxylic acids is 1. The molecule has 0 radical (unpaired) electrons. The first-order valence-electron chi connectivity index (χ1n) is 8.43. The molecule has 6 heteroatoms. The second-order valence-electron chi connectivity index (χ2n) is 6.41. The summed E-state index contributed by atoms with van der Waals surface area (Å²) in [5.74, 6) is -0.555. The molecular weight excluding hydrogens is 387 g/mol. The van der Waals surface area contributed by atoms with Crippen LogP contribution in [0.5, 0.6) is 0 Å². The maximum atomic E-state index is 12.9. The largest absolute Gasteiger partial charge is 0.478 e. The van der Waals surface area contributed by atoms with Crippen molar-refractivity contribution in [3.05, 3.63) is 79.1 Å². The zero-order chi connectivity index (χ0) is 19.1. The summed E-state index contributed by atoms with van der Waals surface area (Å²) in [5.41, 5.74) is 2.34. The molecule has 0 unspecified atom stereocenters. The molecule has 0 bridgehead atoms. The first-order valence-corrected chi connectivity index (χ1v) is 9.19. The fraction of sp³-hybridized carbons (Fsp3) is 0.143. The third-order valence-electron chi connectivity index (χ3n) is 4.71. The molecule has 1 N–H and O–H groups in total. The Balaban J connectivity index is 1.94. The Hall–Kier alpha value is -2.56. The zero-order valence-corrected chi connectivity index (χ0v) is 15.6. The summed E-state index contributed by atoms with van der Waals surface area (Å²) >= 11 is 12.5. The van der Waals surface area contributed by atoms with Crippen molar-refractivity contribution in [2.75, 3.05) is 0 Å². The summed E-state index contributed by atoms with van der Waals surface area (Å²) in [6.45, 7) is 0. The molecule has 1 heterocycles. The van der Waals surface area contributed by atoms with Gasteiger partial charge in [0.15, 0.2) is 5.43 Å². The highest BCUT2D eigenvalue weighted by atomic mass is 35.5. The Bertz CT molecular complexity index is 1150. The van der Waals surface area contributed by atoms with Gasteiger partial charge in [0, 0.05) is 21.2 Å². The van der Waals surface area contributed by atoms with E-state index in [0.717, 1.165) is 18.4 Å². The minimum absolute atomic E-state index is 0.0594. The summed E-state index contributed by atoms with van der Waals surface area (Å²) in [7, 11) is 0. The minimum atomic E-state index is -1.08. The van der Waals surface area contributed by atoms with Crippen molar-refractivity contribution in [3.8, 4) is 0 Å². The predicted molar refractivity (Wildman–Crippen MR) is 107 cm³/mol. The highest BCUT2D eigenvalue weighted by Crippen LogP contribution is 2.36. The molecule has 0 saturated heterocycles. The molecule has 4 rings (SSSR count). The smallest absolute Gasteiger partial charge is 0.335 e. The molecule has 1 aliphatic carbocycles. The summed E-state index contributed by atoms with van der Waals surface area (Å²) in [4.78, 5) is 24.1. The van der Waals surface area contributed by atoms with Crippen LogP contribution in [0.15, 0.2) is 45.6 Å². The lowest BCUT2D eigenvalue weighted by Gasteiger charge is -2.18. The third kappa shape index (κ3) is 3.15. The molecule has 3 aromatic rings. The van der Waals surface area contributed by atoms with Crippen molar-refractivity contribution in [3.63, 3.8) is 0 Å². The Morgan fingerprint density at radius 3 is 2.56 bits per heavy atom. The fourth-order valence-corrected chi connectivity index (χ4v) is 3.89. The molecule has 0 spiro atoms. The van der Waals surface area contributed by atoms with Crippen LogP contribution in [-0.4, -0.2) is 11.1 Å². The van der Waals surface area contributed by atoms with Gasteiger partial charge in [0.05, 0.1) is 10.9 Å². The molecule has 27 heavy (non-hydrogen) atoms. The molecule has 0 aliphatic heterocycles. The normalized spacial score (nSPS) is 15.1. The highest BCUT2D eigenvalue weighted by molar-refractivity contribution is 6.37. The van der Waals surface area contributed by atoms with Crippen LogP contribution < -0.4 is 5.43 Å². The number of benzene rings is 2. The van der Waals surface area contributed by atoms with Gasteiger partial charge < -0.3 is 9.52 Å². The van der Waals surface area contributed by atoms with E-state index in [9.17, 15) is 9.59 Å². The third-order valence-corrected chi connectivity index (χ3v) is 5.37. The van der Waals surface area contributed by atoms with Crippen molar-refractivity contribution in [2.24, 2.45) is 0 Å². The molecule has 0 saturated carbocycles. The topological polar surface area (TPSA) is 67.5 Å². The van der Waals surface area contributed by atoms with Gasteiger partial charge in [0.2, 0.25) is 0 Å². The van der Waals surface area contributed by atoms with Crippen LogP contribution in [0.3, 0.4) is 0 Å². The van der Waals surface area contributed by atoms with Crippen molar-refractivity contribution >= 4 is 51.8 Å². The number of allylic oxidation sites excluding steroid dienone is 1. The summed E-state index contributed by atoms with van der Waals surface area (Å²) < 4.78 is 6.02. The van der Waals surface area contributed by atoms with Crippen LogP contribution in [0, 0.1) is 0 Å². The molecule has 1 aliphatic rings. The van der Waals surface area contributed by atoms with Crippen molar-refractivity contribution in [2.45, 2.75) is 19.3 Å². The van der Waals surface area contributed by atoms with Crippen molar-refractivity contribution < 1.29 is 14.3 Å². The lowest BCUT2D eigenvalue weighted by molar-refractivity contribution is 0.0697. The van der Waals surface area contributed by atoms with Gasteiger partial charge in [-0.2, -0.15) is 0 Å². The van der Waals surface area contributed by atoms with E-state index in [0.29, 0.717) is 38.9 Å². The molecule has 0 fully saturated rings. The van der Waals surface area contributed by atoms with Crippen molar-refractivity contribution in [1.82, 2.24) is 0 Å². The second kappa shape index (κ2) is 6.87. The van der Waals surface area contributed by atoms with Gasteiger partial charge in [-0.05, 0) is 61.2 Å². The van der Waals surface area contributed by atoms with E-state index < -0.39 is 5.97 Å². The highest BCUT2D eigenvalue weighted by Gasteiger charge is 2.23. The van der Waals surface area contributed by atoms with Crippen LogP contribution >= 0.6 is 23.2 Å². The molecular formula is C21H14Cl2O4. The lowest BCUT2D eigenvalue weighted by Crippen LogP contribution is -2.16. The van der Waals surface area contributed by atoms with E-state index in [-0.39, 0.29) is 16.4 Å². The average Bonchev–Trinajstić information content (AvgIpc) is 2.65. The molecule has 136 valence electrons. The lowest BCUT2D eigenvalue weighted by atomic mass is 9.90. The van der Waals surface area contributed by atoms with E-state index >= 15 is 0 Å². The standard InChI is InChI=1S/C21H14Cl2O4/c22-16-5-2-6-17(23)14(16)9-11-3-1-4-13-19(24)15-10-12(21(25)26)7-8-18(15)27-20(11)13/h2,5-10H,1,3-4H2,(H,25,26). The van der Waals surface area contributed by atoms with Gasteiger partial charge in [-0.3, -0.25) is 4.79 Å². The average molecular weight is 401 g/mol. The number of hydrogen-bond acceptors (Lipinski definition) is 3. The van der Waals surface area contributed by atoms with Crippen LogP contribution in [0.1, 0.15) is 40.1 Å². The Morgan fingerprint density at radius 2 is 1.85 bits per heavy atom. The molecule has 0 amide bonds. The first kappa shape index (κ1) is 17.8. The number of hydrogen-bond donors (Lipinski definition) is 1. The summed E-state index contributed by atoms with van der Waals surface area (Å²) in [5, 5.41) is 10.5. The number of carboxylic acids is 1. The van der Waals surface area contributed by atoms with Gasteiger partial charge in [-0.25, -0.2) is 4.79 Å².